The summed E-state index contributed by atoms with van der Waals surface area (Å²) < 4.78 is 0. The van der Waals surface area contributed by atoms with Crippen molar-refractivity contribution in [1.29, 1.82) is 0 Å². The maximum absolute atomic E-state index is 11.1. The maximum atomic E-state index is 11.1. The largest absolute Gasteiger partial charge is 0.358 e. The van der Waals surface area contributed by atoms with E-state index in [0.717, 1.165) is 6.42 Å². The van der Waals surface area contributed by atoms with Crippen molar-refractivity contribution in [3.8, 4) is 0 Å². The minimum absolute atomic E-state index is 0.0198. The first-order valence-electron chi connectivity index (χ1n) is 6.03. The number of amides is 1. The third-order valence-electron chi connectivity index (χ3n) is 3.18. The fourth-order valence-electron chi connectivity index (χ4n) is 2.25. The number of carbonyl (C=O) groups is 1. The van der Waals surface area contributed by atoms with E-state index in [1.807, 2.05) is 0 Å². The van der Waals surface area contributed by atoms with E-state index in [9.17, 15) is 4.79 Å². The number of rotatable bonds is 4. The second-order valence-electron chi connectivity index (χ2n) is 4.46. The normalized spacial score (nSPS) is 10.8. The highest BCUT2D eigenvalue weighted by atomic mass is 35.5. The first kappa shape index (κ1) is 13.0. The third-order valence-corrected chi connectivity index (χ3v) is 3.42. The van der Waals surface area contributed by atoms with E-state index in [0.29, 0.717) is 6.54 Å². The molecule has 0 fully saturated rings. The Labute approximate surface area is 112 Å². The van der Waals surface area contributed by atoms with Crippen LogP contribution >= 0.6 is 11.6 Å². The third kappa shape index (κ3) is 2.51. The fraction of sp³-hybridized carbons (Fsp3) is 0.357. The summed E-state index contributed by atoms with van der Waals surface area (Å²) in [6.45, 7) is 4.78. The lowest BCUT2D eigenvalue weighted by Gasteiger charge is -2.04. The molecule has 1 amide bonds. The quantitative estimate of drug-likeness (QED) is 0.820. The van der Waals surface area contributed by atoms with Crippen LogP contribution < -0.4 is 5.32 Å². The Bertz CT molecular complexity index is 574. The van der Waals surface area contributed by atoms with Crippen LogP contribution in [0.5, 0.6) is 0 Å². The molecule has 0 atom stereocenters. The number of fused-ring (bicyclic) bond motifs is 1. The van der Waals surface area contributed by atoms with E-state index in [-0.39, 0.29) is 11.8 Å². The van der Waals surface area contributed by atoms with Crippen LogP contribution in [0.2, 0.25) is 0 Å². The molecular weight excluding hydrogens is 248 g/mol. The van der Waals surface area contributed by atoms with Crippen LogP contribution in [0, 0.1) is 13.8 Å². The number of carbonyl (C=O) groups excluding carboxylic acids is 1. The molecular formula is C14H17ClN2O. The summed E-state index contributed by atoms with van der Waals surface area (Å²) in [6.07, 6.45) is 0.817. The number of nitrogens with one attached hydrogen (secondary N) is 2. The molecule has 0 aliphatic carbocycles. The molecule has 2 aromatic rings. The second-order valence-corrected chi connectivity index (χ2v) is 4.73. The average Bonchev–Trinajstić information content (AvgIpc) is 2.68. The van der Waals surface area contributed by atoms with Gasteiger partial charge in [0.05, 0.1) is 0 Å². The minimum atomic E-state index is -0.120. The van der Waals surface area contributed by atoms with Crippen LogP contribution in [-0.4, -0.2) is 23.3 Å². The number of aromatic nitrogens is 1. The molecule has 4 heteroatoms. The monoisotopic (exact) mass is 264 g/mol. The van der Waals surface area contributed by atoms with E-state index >= 15 is 0 Å². The zero-order valence-corrected chi connectivity index (χ0v) is 11.4. The number of aromatic amines is 1. The molecule has 0 radical (unpaired) electrons. The molecule has 0 spiro atoms. The summed E-state index contributed by atoms with van der Waals surface area (Å²) in [5, 5.41) is 4.04. The van der Waals surface area contributed by atoms with Gasteiger partial charge in [0.25, 0.3) is 0 Å². The summed E-state index contributed by atoms with van der Waals surface area (Å²) >= 11 is 5.44. The van der Waals surface area contributed by atoms with Gasteiger partial charge in [-0.15, -0.1) is 11.6 Å². The topological polar surface area (TPSA) is 44.9 Å². The van der Waals surface area contributed by atoms with E-state index in [1.165, 1.54) is 27.7 Å². The Balaban J connectivity index is 2.20. The molecule has 1 heterocycles. The highest BCUT2D eigenvalue weighted by molar-refractivity contribution is 6.27. The number of aryl methyl sites for hydroxylation is 2. The number of alkyl halides is 1. The molecule has 0 aliphatic heterocycles. The number of hydrogen-bond acceptors (Lipinski definition) is 1. The van der Waals surface area contributed by atoms with Crippen LogP contribution in [0.4, 0.5) is 0 Å². The lowest BCUT2D eigenvalue weighted by atomic mass is 10.1. The SMILES string of the molecule is Cc1[nH]c2c(C)cccc2c1CCNC(=O)CCl. The number of para-hydroxylation sites is 1. The van der Waals surface area contributed by atoms with Crippen LogP contribution in [0.3, 0.4) is 0 Å². The molecule has 3 nitrogen and oxygen atoms in total. The fourth-order valence-corrected chi connectivity index (χ4v) is 2.34. The van der Waals surface area contributed by atoms with Crippen molar-refractivity contribution in [3.63, 3.8) is 0 Å². The Morgan fingerprint density at radius 3 is 2.89 bits per heavy atom. The molecule has 2 N–H and O–H groups in total. The van der Waals surface area contributed by atoms with Gasteiger partial charge in [-0.05, 0) is 31.4 Å². The second kappa shape index (κ2) is 5.44. The Morgan fingerprint density at radius 1 is 1.39 bits per heavy atom. The van der Waals surface area contributed by atoms with Gasteiger partial charge in [0.15, 0.2) is 0 Å². The molecule has 96 valence electrons. The standard InChI is InChI=1S/C14H17ClN2O/c1-9-4-3-5-12-11(10(2)17-14(9)12)6-7-16-13(18)8-15/h3-5,17H,6-8H2,1-2H3,(H,16,18). The van der Waals surface area contributed by atoms with Crippen molar-refractivity contribution < 1.29 is 4.79 Å². The van der Waals surface area contributed by atoms with Crippen molar-refractivity contribution in [3.05, 3.63) is 35.0 Å². The first-order valence-corrected chi connectivity index (χ1v) is 6.56. The molecule has 0 unspecified atom stereocenters. The van der Waals surface area contributed by atoms with E-state index in [2.05, 4.69) is 42.3 Å². The highest BCUT2D eigenvalue weighted by Gasteiger charge is 2.09. The summed E-state index contributed by atoms with van der Waals surface area (Å²) in [7, 11) is 0. The zero-order chi connectivity index (χ0) is 13.1. The van der Waals surface area contributed by atoms with Crippen molar-refractivity contribution in [2.45, 2.75) is 20.3 Å². The van der Waals surface area contributed by atoms with Crippen LogP contribution in [-0.2, 0) is 11.2 Å². The molecule has 0 bridgehead atoms. The summed E-state index contributed by atoms with van der Waals surface area (Å²) in [5.74, 6) is -0.100. The molecule has 18 heavy (non-hydrogen) atoms. The Kier molecular flexibility index (Phi) is 3.92. The lowest BCUT2D eigenvalue weighted by molar-refractivity contribution is -0.118. The minimum Gasteiger partial charge on any atom is -0.358 e. The average molecular weight is 265 g/mol. The first-order chi connectivity index (χ1) is 8.63. The molecule has 0 saturated heterocycles. The smallest absolute Gasteiger partial charge is 0.234 e. The van der Waals surface area contributed by atoms with E-state index < -0.39 is 0 Å². The predicted molar refractivity (Wildman–Crippen MR) is 75.2 cm³/mol. The molecule has 2 rings (SSSR count). The molecule has 0 aliphatic rings. The Morgan fingerprint density at radius 2 is 2.17 bits per heavy atom. The zero-order valence-electron chi connectivity index (χ0n) is 10.6. The van der Waals surface area contributed by atoms with Crippen LogP contribution in [0.25, 0.3) is 10.9 Å². The molecule has 1 aromatic heterocycles. The summed E-state index contributed by atoms with van der Waals surface area (Å²) in [4.78, 5) is 14.5. The maximum Gasteiger partial charge on any atom is 0.234 e. The van der Waals surface area contributed by atoms with Gasteiger partial charge < -0.3 is 10.3 Å². The van der Waals surface area contributed by atoms with Gasteiger partial charge in [-0.25, -0.2) is 0 Å². The van der Waals surface area contributed by atoms with Crippen molar-refractivity contribution in [2.24, 2.45) is 0 Å². The van der Waals surface area contributed by atoms with Crippen LogP contribution in [0.1, 0.15) is 16.8 Å². The number of H-pyrrole nitrogens is 1. The summed E-state index contributed by atoms with van der Waals surface area (Å²) in [5.41, 5.74) is 4.86. The predicted octanol–water partition coefficient (Wildman–Crippen LogP) is 2.68. The number of benzene rings is 1. The lowest BCUT2D eigenvalue weighted by Crippen LogP contribution is -2.26. The van der Waals surface area contributed by atoms with Crippen molar-refractivity contribution in [2.75, 3.05) is 12.4 Å². The van der Waals surface area contributed by atoms with Gasteiger partial charge in [0.2, 0.25) is 5.91 Å². The number of halogens is 1. The number of hydrogen-bond donors (Lipinski definition) is 2. The van der Waals surface area contributed by atoms with Crippen molar-refractivity contribution in [1.82, 2.24) is 10.3 Å². The van der Waals surface area contributed by atoms with Gasteiger partial charge >= 0.3 is 0 Å². The van der Waals surface area contributed by atoms with Gasteiger partial charge in [0, 0.05) is 23.1 Å². The van der Waals surface area contributed by atoms with E-state index in [4.69, 9.17) is 11.6 Å². The highest BCUT2D eigenvalue weighted by Crippen LogP contribution is 2.24. The van der Waals surface area contributed by atoms with Gasteiger partial charge in [0.1, 0.15) is 5.88 Å². The van der Waals surface area contributed by atoms with Crippen molar-refractivity contribution >= 4 is 28.4 Å². The summed E-state index contributed by atoms with van der Waals surface area (Å²) in [6, 6.07) is 6.27. The van der Waals surface area contributed by atoms with Gasteiger partial charge in [-0.1, -0.05) is 18.2 Å². The van der Waals surface area contributed by atoms with E-state index in [1.54, 1.807) is 0 Å². The molecule has 1 aromatic carbocycles. The molecule has 0 saturated carbocycles. The van der Waals surface area contributed by atoms with Gasteiger partial charge in [-0.3, -0.25) is 4.79 Å². The van der Waals surface area contributed by atoms with Crippen LogP contribution in [0.15, 0.2) is 18.2 Å². The Hall–Kier alpha value is -1.48. The van der Waals surface area contributed by atoms with Gasteiger partial charge in [-0.2, -0.15) is 0 Å².